The van der Waals surface area contributed by atoms with E-state index in [1.54, 1.807) is 29.1 Å². The van der Waals surface area contributed by atoms with Crippen LogP contribution in [0.25, 0.3) is 28.3 Å². The Morgan fingerprint density at radius 1 is 0.966 bits per heavy atom. The number of nitrogens with two attached hydrogens (primary N) is 1. The maximum atomic E-state index is 5.89. The third kappa shape index (κ3) is 3.39. The molecule has 2 N–H and O–H groups in total. The fraction of sp³-hybridized carbons (Fsp3) is 0.0476. The van der Waals surface area contributed by atoms with Crippen LogP contribution in [0.5, 0.6) is 5.75 Å². The highest BCUT2D eigenvalue weighted by Gasteiger charge is 2.13. The molecule has 0 aliphatic heterocycles. The van der Waals surface area contributed by atoms with Crippen molar-refractivity contribution in [2.75, 3.05) is 5.73 Å². The van der Waals surface area contributed by atoms with Crippen LogP contribution in [0.1, 0.15) is 5.56 Å². The molecule has 8 nitrogen and oxygen atoms in total. The van der Waals surface area contributed by atoms with Crippen molar-refractivity contribution in [2.24, 2.45) is 0 Å². The quantitative estimate of drug-likeness (QED) is 0.493. The van der Waals surface area contributed by atoms with Gasteiger partial charge in [-0.25, -0.2) is 4.98 Å². The predicted octanol–water partition coefficient (Wildman–Crippen LogP) is 3.63. The Morgan fingerprint density at radius 2 is 1.86 bits per heavy atom. The standard InChI is InChI=1S/C21H16N6O2/c22-21-23-17(19-7-4-10-28-19)12-20(24-21)27-18-9-8-15(11-16(18)25-26-27)29-13-14-5-2-1-3-6-14/h1-12H,13H2,(H2,22,23,24). The second-order valence-corrected chi connectivity index (χ2v) is 6.37. The molecule has 0 atom stereocenters. The lowest BCUT2D eigenvalue weighted by Crippen LogP contribution is -2.05. The molecule has 0 saturated carbocycles. The van der Waals surface area contributed by atoms with Gasteiger partial charge in [0.05, 0.1) is 11.8 Å². The van der Waals surface area contributed by atoms with E-state index in [0.717, 1.165) is 11.1 Å². The molecule has 0 aliphatic rings. The van der Waals surface area contributed by atoms with Crippen LogP contribution < -0.4 is 10.5 Å². The second-order valence-electron chi connectivity index (χ2n) is 6.37. The molecule has 5 rings (SSSR count). The molecule has 0 bridgehead atoms. The molecule has 0 amide bonds. The third-order valence-corrected chi connectivity index (χ3v) is 4.39. The van der Waals surface area contributed by atoms with Gasteiger partial charge in [-0.3, -0.25) is 0 Å². The van der Waals surface area contributed by atoms with Crippen LogP contribution in [0.2, 0.25) is 0 Å². The van der Waals surface area contributed by atoms with E-state index in [4.69, 9.17) is 14.9 Å². The van der Waals surface area contributed by atoms with Gasteiger partial charge in [0.25, 0.3) is 0 Å². The van der Waals surface area contributed by atoms with Gasteiger partial charge in [-0.15, -0.1) is 5.10 Å². The number of nitrogen functional groups attached to an aromatic ring is 1. The summed E-state index contributed by atoms with van der Waals surface area (Å²) in [6, 6.07) is 20.9. The summed E-state index contributed by atoms with van der Waals surface area (Å²) in [6.45, 7) is 0.482. The minimum Gasteiger partial charge on any atom is -0.489 e. The van der Waals surface area contributed by atoms with Crippen molar-refractivity contribution in [3.05, 3.63) is 78.6 Å². The molecule has 0 radical (unpaired) electrons. The number of rotatable bonds is 5. The molecule has 3 aromatic heterocycles. The molecule has 8 heteroatoms. The first kappa shape index (κ1) is 16.9. The van der Waals surface area contributed by atoms with Gasteiger partial charge in [-0.2, -0.15) is 9.67 Å². The van der Waals surface area contributed by atoms with Crippen LogP contribution >= 0.6 is 0 Å². The molecule has 0 aliphatic carbocycles. The summed E-state index contributed by atoms with van der Waals surface area (Å²) in [5, 5.41) is 8.46. The Balaban J connectivity index is 1.46. The maximum absolute atomic E-state index is 5.89. The number of benzene rings is 2. The zero-order valence-corrected chi connectivity index (χ0v) is 15.3. The van der Waals surface area contributed by atoms with Crippen molar-refractivity contribution >= 4 is 17.0 Å². The lowest BCUT2D eigenvalue weighted by atomic mass is 10.2. The third-order valence-electron chi connectivity index (χ3n) is 4.39. The van der Waals surface area contributed by atoms with Gasteiger partial charge in [0.1, 0.15) is 23.6 Å². The van der Waals surface area contributed by atoms with Crippen molar-refractivity contribution in [3.63, 3.8) is 0 Å². The topological polar surface area (TPSA) is 105 Å². The fourth-order valence-corrected chi connectivity index (χ4v) is 3.02. The number of hydrogen-bond donors (Lipinski definition) is 1. The van der Waals surface area contributed by atoms with E-state index < -0.39 is 0 Å². The second kappa shape index (κ2) is 7.08. The first-order valence-corrected chi connectivity index (χ1v) is 8.97. The monoisotopic (exact) mass is 384 g/mol. The van der Waals surface area contributed by atoms with Gasteiger partial charge in [0.2, 0.25) is 5.95 Å². The Hall–Kier alpha value is -4.20. The van der Waals surface area contributed by atoms with Crippen LogP contribution in [0.4, 0.5) is 5.95 Å². The highest BCUT2D eigenvalue weighted by molar-refractivity contribution is 5.77. The number of aromatic nitrogens is 5. The van der Waals surface area contributed by atoms with Gasteiger partial charge < -0.3 is 14.9 Å². The van der Waals surface area contributed by atoms with Crippen LogP contribution in [0.15, 0.2) is 77.4 Å². The van der Waals surface area contributed by atoms with E-state index in [2.05, 4.69) is 20.3 Å². The molecule has 29 heavy (non-hydrogen) atoms. The molecule has 142 valence electrons. The van der Waals surface area contributed by atoms with Crippen molar-refractivity contribution < 1.29 is 9.15 Å². The minimum absolute atomic E-state index is 0.125. The number of furan rings is 1. The van der Waals surface area contributed by atoms with Crippen molar-refractivity contribution in [3.8, 4) is 23.0 Å². The van der Waals surface area contributed by atoms with E-state index in [0.29, 0.717) is 35.1 Å². The van der Waals surface area contributed by atoms with E-state index in [1.807, 2.05) is 48.5 Å². The van der Waals surface area contributed by atoms with E-state index >= 15 is 0 Å². The highest BCUT2D eigenvalue weighted by atomic mass is 16.5. The molecule has 3 heterocycles. The average molecular weight is 384 g/mol. The summed E-state index contributed by atoms with van der Waals surface area (Å²) in [4.78, 5) is 8.51. The zero-order chi connectivity index (χ0) is 19.6. The Bertz CT molecular complexity index is 1270. The highest BCUT2D eigenvalue weighted by Crippen LogP contribution is 2.24. The summed E-state index contributed by atoms with van der Waals surface area (Å²) in [6.07, 6.45) is 1.58. The van der Waals surface area contributed by atoms with Gasteiger partial charge in [0, 0.05) is 12.1 Å². The SMILES string of the molecule is Nc1nc(-c2ccco2)cc(-n2nnc3cc(OCc4ccccc4)ccc32)n1. The number of hydrogen-bond acceptors (Lipinski definition) is 7. The Labute approximate surface area is 165 Å². The van der Waals surface area contributed by atoms with E-state index in [-0.39, 0.29) is 5.95 Å². The van der Waals surface area contributed by atoms with Crippen molar-refractivity contribution in [2.45, 2.75) is 6.61 Å². The van der Waals surface area contributed by atoms with E-state index in [1.165, 1.54) is 0 Å². The molecule has 0 fully saturated rings. The smallest absolute Gasteiger partial charge is 0.222 e. The Morgan fingerprint density at radius 3 is 2.69 bits per heavy atom. The van der Waals surface area contributed by atoms with Gasteiger partial charge in [-0.05, 0) is 29.8 Å². The largest absolute Gasteiger partial charge is 0.489 e. The molecule has 0 unspecified atom stereocenters. The van der Waals surface area contributed by atoms with Gasteiger partial charge in [0.15, 0.2) is 11.6 Å². The summed E-state index contributed by atoms with van der Waals surface area (Å²) in [7, 11) is 0. The lowest BCUT2D eigenvalue weighted by Gasteiger charge is -2.07. The van der Waals surface area contributed by atoms with Gasteiger partial charge >= 0.3 is 0 Å². The van der Waals surface area contributed by atoms with Crippen molar-refractivity contribution in [1.29, 1.82) is 0 Å². The van der Waals surface area contributed by atoms with Crippen LogP contribution in [0.3, 0.4) is 0 Å². The number of ether oxygens (including phenoxy) is 1. The van der Waals surface area contributed by atoms with Crippen LogP contribution in [0, 0.1) is 0 Å². The van der Waals surface area contributed by atoms with Crippen molar-refractivity contribution in [1.82, 2.24) is 25.0 Å². The van der Waals surface area contributed by atoms with Crippen LogP contribution in [-0.2, 0) is 6.61 Å². The van der Waals surface area contributed by atoms with Gasteiger partial charge in [-0.1, -0.05) is 35.5 Å². The predicted molar refractivity (Wildman–Crippen MR) is 107 cm³/mol. The zero-order valence-electron chi connectivity index (χ0n) is 15.3. The minimum atomic E-state index is 0.125. The van der Waals surface area contributed by atoms with E-state index in [9.17, 15) is 0 Å². The summed E-state index contributed by atoms with van der Waals surface area (Å²) in [5.74, 6) is 1.94. The molecular weight excluding hydrogens is 368 g/mol. The average Bonchev–Trinajstić information content (AvgIpc) is 3.42. The molecular formula is C21H16N6O2. The summed E-state index contributed by atoms with van der Waals surface area (Å²) >= 11 is 0. The molecule has 5 aromatic rings. The molecule has 0 spiro atoms. The fourth-order valence-electron chi connectivity index (χ4n) is 3.02. The Kier molecular flexibility index (Phi) is 4.14. The summed E-state index contributed by atoms with van der Waals surface area (Å²) in [5.41, 5.74) is 9.02. The normalized spacial score (nSPS) is 11.0. The maximum Gasteiger partial charge on any atom is 0.222 e. The first-order valence-electron chi connectivity index (χ1n) is 8.97. The van der Waals surface area contributed by atoms with Crippen LogP contribution in [-0.4, -0.2) is 25.0 Å². The summed E-state index contributed by atoms with van der Waals surface area (Å²) < 4.78 is 12.9. The lowest BCUT2D eigenvalue weighted by molar-refractivity contribution is 0.306. The number of anilines is 1. The first-order chi connectivity index (χ1) is 14.3. The molecule has 2 aromatic carbocycles. The number of nitrogens with zero attached hydrogens (tertiary/aromatic N) is 5. The molecule has 0 saturated heterocycles. The number of fused-ring (bicyclic) bond motifs is 1.